The second kappa shape index (κ2) is 9.17. The van der Waals surface area contributed by atoms with Gasteiger partial charge in [0.25, 0.3) is 10.0 Å². The minimum Gasteiger partial charge on any atom is -0.322 e. The van der Waals surface area contributed by atoms with Crippen LogP contribution in [-0.4, -0.2) is 20.9 Å². The molecule has 0 radical (unpaired) electrons. The zero-order valence-electron chi connectivity index (χ0n) is 16.1. The van der Waals surface area contributed by atoms with Gasteiger partial charge in [-0.2, -0.15) is 13.2 Å². The van der Waals surface area contributed by atoms with E-state index in [0.717, 1.165) is 36.4 Å². The number of alkyl halides is 3. The summed E-state index contributed by atoms with van der Waals surface area (Å²) in [5, 5.41) is 2.47. The fourth-order valence-electron chi connectivity index (χ4n) is 2.77. The zero-order valence-corrected chi connectivity index (χ0v) is 17.7. The van der Waals surface area contributed by atoms with Gasteiger partial charge in [-0.3, -0.25) is 9.10 Å². The summed E-state index contributed by atoms with van der Waals surface area (Å²) < 4.78 is 80.3. The molecule has 32 heavy (non-hydrogen) atoms. The minimum atomic E-state index is -4.73. The maximum atomic E-state index is 13.8. The van der Waals surface area contributed by atoms with E-state index >= 15 is 0 Å². The standard InChI is InChI=1S/C21H15ClF4N2O3S/c22-15-8-10-17(11-9-15)32(30,31)28(16-5-3-4-14(12-16)21(24,25)26)13-20(29)27-19-7-2-1-6-18(19)23/h1-12H,13H2,(H,27,29). The number of para-hydroxylation sites is 1. The van der Waals surface area contributed by atoms with Crippen molar-refractivity contribution in [2.75, 3.05) is 16.2 Å². The van der Waals surface area contributed by atoms with Crippen LogP contribution in [0.2, 0.25) is 5.02 Å². The first-order valence-electron chi connectivity index (χ1n) is 8.98. The summed E-state index contributed by atoms with van der Waals surface area (Å²) in [4.78, 5) is 12.2. The zero-order chi connectivity index (χ0) is 23.5. The molecule has 3 aromatic carbocycles. The molecule has 5 nitrogen and oxygen atoms in total. The molecule has 0 unspecified atom stereocenters. The molecule has 0 fully saturated rings. The van der Waals surface area contributed by atoms with Gasteiger partial charge in [-0.25, -0.2) is 12.8 Å². The van der Waals surface area contributed by atoms with Gasteiger partial charge in [-0.05, 0) is 54.6 Å². The number of amides is 1. The quantitative estimate of drug-likeness (QED) is 0.479. The largest absolute Gasteiger partial charge is 0.416 e. The molecule has 11 heteroatoms. The van der Waals surface area contributed by atoms with E-state index in [9.17, 15) is 30.8 Å². The van der Waals surface area contributed by atoms with Crippen LogP contribution in [0.15, 0.2) is 77.7 Å². The Kier molecular flexibility index (Phi) is 6.75. The number of hydrogen-bond donors (Lipinski definition) is 1. The van der Waals surface area contributed by atoms with Gasteiger partial charge in [0.2, 0.25) is 5.91 Å². The third kappa shape index (κ3) is 5.38. The molecule has 0 saturated carbocycles. The van der Waals surface area contributed by atoms with Crippen molar-refractivity contribution in [3.8, 4) is 0 Å². The molecule has 0 aliphatic heterocycles. The maximum absolute atomic E-state index is 13.8. The van der Waals surface area contributed by atoms with E-state index in [2.05, 4.69) is 5.32 Å². The maximum Gasteiger partial charge on any atom is 0.416 e. The SMILES string of the molecule is O=C(CN(c1cccc(C(F)(F)F)c1)S(=O)(=O)c1ccc(Cl)cc1)Nc1ccccc1F. The summed E-state index contributed by atoms with van der Waals surface area (Å²) in [5.41, 5.74) is -1.69. The molecule has 1 N–H and O–H groups in total. The molecule has 3 aromatic rings. The predicted molar refractivity (Wildman–Crippen MR) is 112 cm³/mol. The molecular formula is C21H15ClF4N2O3S. The van der Waals surface area contributed by atoms with Crippen molar-refractivity contribution >= 4 is 38.9 Å². The highest BCUT2D eigenvalue weighted by atomic mass is 35.5. The number of nitrogens with one attached hydrogen (secondary N) is 1. The first-order valence-corrected chi connectivity index (χ1v) is 10.8. The molecule has 0 saturated heterocycles. The van der Waals surface area contributed by atoms with E-state index in [0.29, 0.717) is 10.4 Å². The van der Waals surface area contributed by atoms with Gasteiger partial charge >= 0.3 is 6.18 Å². The summed E-state index contributed by atoms with van der Waals surface area (Å²) in [6, 6.07) is 13.6. The lowest BCUT2D eigenvalue weighted by molar-refractivity contribution is -0.137. The summed E-state index contributed by atoms with van der Waals surface area (Å²) in [7, 11) is -4.48. The van der Waals surface area contributed by atoms with E-state index in [4.69, 9.17) is 11.6 Å². The fraction of sp³-hybridized carbons (Fsp3) is 0.0952. The molecule has 0 aliphatic rings. The van der Waals surface area contributed by atoms with Crippen LogP contribution in [0.4, 0.5) is 28.9 Å². The highest BCUT2D eigenvalue weighted by molar-refractivity contribution is 7.92. The Bertz CT molecular complexity index is 1230. The normalized spacial score (nSPS) is 11.8. The van der Waals surface area contributed by atoms with Crippen molar-refractivity contribution in [2.45, 2.75) is 11.1 Å². The van der Waals surface area contributed by atoms with Crippen LogP contribution < -0.4 is 9.62 Å². The Morgan fingerprint density at radius 2 is 1.62 bits per heavy atom. The van der Waals surface area contributed by atoms with Gasteiger partial charge in [0.15, 0.2) is 0 Å². The number of carbonyl (C=O) groups excluding carboxylic acids is 1. The predicted octanol–water partition coefficient (Wildman–Crippen LogP) is 5.33. The van der Waals surface area contributed by atoms with Gasteiger partial charge in [-0.15, -0.1) is 0 Å². The van der Waals surface area contributed by atoms with Crippen LogP contribution in [0.5, 0.6) is 0 Å². The van der Waals surface area contributed by atoms with Gasteiger partial charge < -0.3 is 5.32 Å². The summed E-state index contributed by atoms with van der Waals surface area (Å²) in [6.07, 6.45) is -4.73. The van der Waals surface area contributed by atoms with Crippen molar-refractivity contribution in [3.05, 3.63) is 89.2 Å². The van der Waals surface area contributed by atoms with E-state index < -0.39 is 45.7 Å². The first-order chi connectivity index (χ1) is 15.0. The molecule has 0 aromatic heterocycles. The summed E-state index contributed by atoms with van der Waals surface area (Å²) in [6.45, 7) is -0.902. The van der Waals surface area contributed by atoms with Crippen molar-refractivity contribution in [1.29, 1.82) is 0 Å². The second-order valence-corrected chi connectivity index (χ2v) is 8.84. The first kappa shape index (κ1) is 23.6. The van der Waals surface area contributed by atoms with Crippen LogP contribution in [0.1, 0.15) is 5.56 Å². The molecule has 168 valence electrons. The minimum absolute atomic E-state index is 0.203. The molecule has 1 amide bonds. The van der Waals surface area contributed by atoms with E-state index in [1.807, 2.05) is 0 Å². The number of hydrogen-bond acceptors (Lipinski definition) is 3. The van der Waals surface area contributed by atoms with Crippen molar-refractivity contribution < 1.29 is 30.8 Å². The highest BCUT2D eigenvalue weighted by Gasteiger charge is 2.33. The Morgan fingerprint density at radius 3 is 2.25 bits per heavy atom. The van der Waals surface area contributed by atoms with Gasteiger partial charge in [-0.1, -0.05) is 29.8 Å². The van der Waals surface area contributed by atoms with Crippen LogP contribution in [-0.2, 0) is 21.0 Å². The lowest BCUT2D eigenvalue weighted by Gasteiger charge is -2.25. The number of benzene rings is 3. The highest BCUT2D eigenvalue weighted by Crippen LogP contribution is 2.33. The van der Waals surface area contributed by atoms with E-state index in [1.54, 1.807) is 0 Å². The van der Waals surface area contributed by atoms with Gasteiger partial charge in [0, 0.05) is 5.02 Å². The number of sulfonamides is 1. The molecule has 0 bridgehead atoms. The van der Waals surface area contributed by atoms with E-state index in [1.165, 1.54) is 30.3 Å². The van der Waals surface area contributed by atoms with Crippen molar-refractivity contribution in [1.82, 2.24) is 0 Å². The van der Waals surface area contributed by atoms with Crippen LogP contribution in [0.3, 0.4) is 0 Å². The Balaban J connectivity index is 2.02. The van der Waals surface area contributed by atoms with Gasteiger partial charge in [0.05, 0.1) is 21.8 Å². The molecule has 3 rings (SSSR count). The number of carbonyl (C=O) groups is 1. The van der Waals surface area contributed by atoms with Gasteiger partial charge in [0.1, 0.15) is 12.4 Å². The summed E-state index contributed by atoms with van der Waals surface area (Å²) >= 11 is 5.79. The fourth-order valence-corrected chi connectivity index (χ4v) is 4.31. The average Bonchev–Trinajstić information content (AvgIpc) is 2.73. The number of anilines is 2. The third-order valence-corrected chi connectivity index (χ3v) is 6.34. The molecular weight excluding hydrogens is 472 g/mol. The monoisotopic (exact) mass is 486 g/mol. The molecule has 0 heterocycles. The van der Waals surface area contributed by atoms with Crippen LogP contribution >= 0.6 is 11.6 Å². The number of rotatable bonds is 6. The van der Waals surface area contributed by atoms with Crippen LogP contribution in [0, 0.1) is 5.82 Å². The Morgan fingerprint density at radius 1 is 0.969 bits per heavy atom. The smallest absolute Gasteiger partial charge is 0.322 e. The Labute approximate surface area is 186 Å². The Hall–Kier alpha value is -3.11. The molecule has 0 atom stereocenters. The van der Waals surface area contributed by atoms with Crippen LogP contribution in [0.25, 0.3) is 0 Å². The molecule has 0 aliphatic carbocycles. The topological polar surface area (TPSA) is 66.5 Å². The third-order valence-electron chi connectivity index (χ3n) is 4.30. The number of halogens is 5. The second-order valence-electron chi connectivity index (χ2n) is 6.54. The van der Waals surface area contributed by atoms with Crippen molar-refractivity contribution in [2.24, 2.45) is 0 Å². The summed E-state index contributed by atoms with van der Waals surface area (Å²) in [5.74, 6) is -1.71. The lowest BCUT2D eigenvalue weighted by Crippen LogP contribution is -2.38. The molecule has 0 spiro atoms. The van der Waals surface area contributed by atoms with E-state index in [-0.39, 0.29) is 15.6 Å². The average molecular weight is 487 g/mol. The van der Waals surface area contributed by atoms with Crippen molar-refractivity contribution in [3.63, 3.8) is 0 Å². The number of nitrogens with zero attached hydrogens (tertiary/aromatic N) is 1. The lowest BCUT2D eigenvalue weighted by atomic mass is 10.2.